The first-order valence-electron chi connectivity index (χ1n) is 14.9. The van der Waals surface area contributed by atoms with Gasteiger partial charge in [0.25, 0.3) is 0 Å². The molecule has 0 radical (unpaired) electrons. The second kappa shape index (κ2) is 12.4. The fourth-order valence-electron chi connectivity index (χ4n) is 6.13. The minimum absolute atomic E-state index is 0.0516. The van der Waals surface area contributed by atoms with Crippen molar-refractivity contribution in [2.45, 2.75) is 44.9 Å². The molecule has 0 aliphatic carbocycles. The molecule has 1 aromatic carbocycles. The van der Waals surface area contributed by atoms with E-state index < -0.39 is 28.0 Å². The normalized spacial score (nSPS) is 18.6. The molecule has 16 heteroatoms. The van der Waals surface area contributed by atoms with Crippen LogP contribution in [0.1, 0.15) is 43.7 Å². The van der Waals surface area contributed by atoms with E-state index in [4.69, 9.17) is 4.74 Å². The number of likely N-dealkylation sites (tertiary alicyclic amines) is 1. The molecule has 1 N–H and O–H groups in total. The molecule has 1 unspecified atom stereocenters. The Labute approximate surface area is 264 Å². The summed E-state index contributed by atoms with van der Waals surface area (Å²) in [6.45, 7) is 7.00. The van der Waals surface area contributed by atoms with Crippen LogP contribution in [-0.4, -0.2) is 91.6 Å². The Kier molecular flexibility index (Phi) is 8.65. The van der Waals surface area contributed by atoms with Gasteiger partial charge in [-0.25, -0.2) is 22.5 Å². The van der Waals surface area contributed by atoms with E-state index in [2.05, 4.69) is 31.8 Å². The van der Waals surface area contributed by atoms with Gasteiger partial charge in [-0.15, -0.1) is 5.10 Å². The lowest BCUT2D eigenvalue weighted by atomic mass is 9.99. The zero-order valence-electron chi connectivity index (χ0n) is 25.4. The molecule has 246 valence electrons. The van der Waals surface area contributed by atoms with Crippen LogP contribution in [0.4, 0.5) is 13.2 Å². The molecule has 1 atom stereocenters. The van der Waals surface area contributed by atoms with E-state index in [9.17, 15) is 26.7 Å². The Morgan fingerprint density at radius 1 is 1.20 bits per heavy atom. The lowest BCUT2D eigenvalue weighted by Gasteiger charge is -2.41. The van der Waals surface area contributed by atoms with E-state index in [1.54, 1.807) is 12.1 Å². The largest absolute Gasteiger partial charge is 0.488 e. The Morgan fingerprint density at radius 3 is 2.59 bits per heavy atom. The minimum Gasteiger partial charge on any atom is -0.488 e. The number of hydrogen-bond acceptors (Lipinski definition) is 9. The van der Waals surface area contributed by atoms with Crippen molar-refractivity contribution in [2.75, 3.05) is 39.3 Å². The number of sulfonamides is 1. The van der Waals surface area contributed by atoms with Crippen molar-refractivity contribution in [3.8, 4) is 17.0 Å². The molecule has 12 nitrogen and oxygen atoms in total. The third kappa shape index (κ3) is 6.26. The van der Waals surface area contributed by atoms with Gasteiger partial charge in [0.05, 0.1) is 29.1 Å². The molecule has 4 aromatic rings. The summed E-state index contributed by atoms with van der Waals surface area (Å²) >= 11 is 0. The topological polar surface area (TPSA) is 132 Å². The van der Waals surface area contributed by atoms with Gasteiger partial charge in [0, 0.05) is 43.7 Å². The number of imidazole rings is 1. The summed E-state index contributed by atoms with van der Waals surface area (Å²) < 4.78 is 75.0. The van der Waals surface area contributed by atoms with Gasteiger partial charge in [-0.3, -0.25) is 9.55 Å². The number of nitrogens with zero attached hydrogens (tertiary/aromatic N) is 8. The minimum atomic E-state index is -3.36. The number of piperidine rings is 1. The zero-order chi connectivity index (χ0) is 32.8. The van der Waals surface area contributed by atoms with Gasteiger partial charge in [-0.05, 0) is 56.9 Å². The van der Waals surface area contributed by atoms with Crippen molar-refractivity contribution in [1.82, 2.24) is 38.7 Å². The first kappa shape index (κ1) is 32.1. The van der Waals surface area contributed by atoms with Crippen molar-refractivity contribution < 1.29 is 31.4 Å². The maximum atomic E-state index is 13.9. The van der Waals surface area contributed by atoms with Crippen LogP contribution in [0.5, 0.6) is 5.75 Å². The summed E-state index contributed by atoms with van der Waals surface area (Å²) in [4.78, 5) is 10.5. The van der Waals surface area contributed by atoms with E-state index in [1.807, 2.05) is 11.6 Å². The molecule has 2 aliphatic rings. The Bertz CT molecular complexity index is 1830. The molecule has 0 spiro atoms. The number of aliphatic hydroxyl groups is 1. The maximum absolute atomic E-state index is 13.9. The van der Waals surface area contributed by atoms with Gasteiger partial charge < -0.3 is 14.7 Å². The molecule has 0 amide bonds. The van der Waals surface area contributed by atoms with Gasteiger partial charge in [-0.1, -0.05) is 11.8 Å². The van der Waals surface area contributed by atoms with Crippen molar-refractivity contribution >= 4 is 21.1 Å². The fraction of sp³-hybridized carbons (Fsp3) is 0.467. The number of pyridine rings is 1. The van der Waals surface area contributed by atoms with Crippen LogP contribution < -0.4 is 4.74 Å². The lowest BCUT2D eigenvalue weighted by molar-refractivity contribution is 0.00395. The highest BCUT2D eigenvalue weighted by molar-refractivity contribution is 7.92. The second-order valence-corrected chi connectivity index (χ2v) is 14.0. The smallest absolute Gasteiger partial charge is 0.320 e. The van der Waals surface area contributed by atoms with Crippen molar-refractivity contribution in [3.05, 3.63) is 66.0 Å². The number of ether oxygens (including phenoxy) is 1. The third-order valence-electron chi connectivity index (χ3n) is 8.75. The van der Waals surface area contributed by atoms with Crippen LogP contribution >= 0.6 is 0 Å². The van der Waals surface area contributed by atoms with Gasteiger partial charge in [-0.2, -0.15) is 13.1 Å². The van der Waals surface area contributed by atoms with Crippen LogP contribution in [0.3, 0.4) is 0 Å². The van der Waals surface area contributed by atoms with Crippen LogP contribution in [-0.2, 0) is 15.6 Å². The number of alkyl halides is 2. The van der Waals surface area contributed by atoms with Crippen molar-refractivity contribution in [1.29, 1.82) is 0 Å². The van der Waals surface area contributed by atoms with E-state index >= 15 is 0 Å². The number of rotatable bonds is 11. The zero-order valence-corrected chi connectivity index (χ0v) is 26.2. The molecular weight excluding hydrogens is 625 g/mol. The molecule has 3 aromatic heterocycles. The molecule has 6 rings (SSSR count). The summed E-state index contributed by atoms with van der Waals surface area (Å²) in [6.07, 6.45) is 3.68. The quantitative estimate of drug-likeness (QED) is 0.255. The van der Waals surface area contributed by atoms with E-state index in [1.165, 1.54) is 17.3 Å². The number of hydrogen-bond donors (Lipinski definition) is 1. The van der Waals surface area contributed by atoms with Crippen LogP contribution in [0.15, 0.2) is 48.8 Å². The highest BCUT2D eigenvalue weighted by Gasteiger charge is 2.36. The summed E-state index contributed by atoms with van der Waals surface area (Å²) in [7, 11) is -3.36. The number of benzene rings is 1. The van der Waals surface area contributed by atoms with Gasteiger partial charge in [0.1, 0.15) is 41.3 Å². The molecular formula is C30H35F3N8O4S. The predicted molar refractivity (Wildman–Crippen MR) is 163 cm³/mol. The Hall–Kier alpha value is -3.86. The fourth-order valence-corrected chi connectivity index (χ4v) is 7.18. The number of halogens is 3. The molecule has 2 aliphatic heterocycles. The summed E-state index contributed by atoms with van der Waals surface area (Å²) in [5, 5.41) is 20.9. The van der Waals surface area contributed by atoms with Gasteiger partial charge in [0.15, 0.2) is 0 Å². The number of fused-ring (bicyclic) bond motifs is 1. The molecule has 2 fully saturated rings. The monoisotopic (exact) mass is 660 g/mol. The predicted octanol–water partition coefficient (Wildman–Crippen LogP) is 3.86. The molecule has 46 heavy (non-hydrogen) atoms. The summed E-state index contributed by atoms with van der Waals surface area (Å²) in [6, 6.07) is 5.83. The summed E-state index contributed by atoms with van der Waals surface area (Å²) in [5.41, 5.74) is 0.715. The molecule has 5 heterocycles. The van der Waals surface area contributed by atoms with Crippen molar-refractivity contribution in [3.63, 3.8) is 0 Å². The highest BCUT2D eigenvalue weighted by Crippen LogP contribution is 2.36. The first-order chi connectivity index (χ1) is 21.9. The second-order valence-electron chi connectivity index (χ2n) is 12.1. The van der Waals surface area contributed by atoms with Crippen LogP contribution in [0, 0.1) is 18.7 Å². The summed E-state index contributed by atoms with van der Waals surface area (Å²) in [5.74, 6) is -0.208. The van der Waals surface area contributed by atoms with Gasteiger partial charge >= 0.3 is 6.55 Å². The highest BCUT2D eigenvalue weighted by atomic mass is 32.2. The maximum Gasteiger partial charge on any atom is 0.320 e. The van der Waals surface area contributed by atoms with E-state index in [-0.39, 0.29) is 35.1 Å². The standard InChI is InChI=1S/C30H35F3N8O4S/c1-4-46(43,44)39-15-20(16-39)14-38-9-7-23(8-10-38)41-19(2)27(36-37-41)21-11-24-28(40(18-35-24)29(32)33)25(12-21)45-17-30(3,42)26-6-5-22(31)13-34-26/h4-6,11-13,18,20,23,29,42H,1,7-10,14-17H2,2-3H3. The average molecular weight is 661 g/mol. The first-order valence-corrected chi connectivity index (χ1v) is 16.4. The molecule has 0 saturated carbocycles. The average Bonchev–Trinajstić information content (AvgIpc) is 3.62. The molecule has 0 bridgehead atoms. The van der Waals surface area contributed by atoms with Crippen molar-refractivity contribution in [2.24, 2.45) is 5.92 Å². The van der Waals surface area contributed by atoms with Gasteiger partial charge in [0.2, 0.25) is 10.0 Å². The third-order valence-corrected chi connectivity index (χ3v) is 10.2. The van der Waals surface area contributed by atoms with Crippen LogP contribution in [0.25, 0.3) is 22.3 Å². The Morgan fingerprint density at radius 2 is 1.93 bits per heavy atom. The molecule has 2 saturated heterocycles. The number of aromatic nitrogens is 6. The van der Waals surface area contributed by atoms with E-state index in [0.29, 0.717) is 34.8 Å². The Balaban J connectivity index is 1.18. The lowest BCUT2D eigenvalue weighted by Crippen LogP contribution is -2.53. The van der Waals surface area contributed by atoms with Crippen LogP contribution in [0.2, 0.25) is 0 Å². The SMILES string of the molecule is C=CS(=O)(=O)N1CC(CN2CCC(n3nnc(-c4cc(OCC(C)(O)c5ccc(F)cn5)c5c(c4)ncn5C(F)F)c3C)CC2)C1. The van der Waals surface area contributed by atoms with E-state index in [0.717, 1.165) is 62.2 Å².